The molecule has 2 amide bonds. The number of piperazine rings is 1. The normalized spacial score (nSPS) is 16.8. The molecule has 150 valence electrons. The number of aryl methyl sites for hydroxylation is 2. The molecule has 1 aliphatic rings. The molecule has 0 saturated carbocycles. The molecule has 27 heavy (non-hydrogen) atoms. The van der Waals surface area contributed by atoms with Crippen molar-refractivity contribution in [2.45, 2.75) is 40.2 Å². The van der Waals surface area contributed by atoms with Gasteiger partial charge < -0.3 is 10.6 Å². The fourth-order valence-electron chi connectivity index (χ4n) is 3.30. The molecule has 7 heteroatoms. The third-order valence-electron chi connectivity index (χ3n) is 4.95. The van der Waals surface area contributed by atoms with E-state index in [1.807, 2.05) is 39.8 Å². The molecular formula is C20H31ClN4O2. The number of carbonyl (C=O) groups is 2. The van der Waals surface area contributed by atoms with E-state index in [0.717, 1.165) is 50.3 Å². The number of halogens is 1. The first-order valence-corrected chi connectivity index (χ1v) is 10.00. The smallest absolute Gasteiger partial charge is 0.241 e. The zero-order valence-corrected chi connectivity index (χ0v) is 17.5. The van der Waals surface area contributed by atoms with Crippen LogP contribution >= 0.6 is 11.6 Å². The molecule has 0 aromatic heterocycles. The number of benzene rings is 1. The van der Waals surface area contributed by atoms with Gasteiger partial charge >= 0.3 is 0 Å². The minimum atomic E-state index is -0.252. The lowest BCUT2D eigenvalue weighted by atomic mass is 10.1. The second-order valence-corrected chi connectivity index (χ2v) is 7.67. The Morgan fingerprint density at radius 1 is 1.19 bits per heavy atom. The van der Waals surface area contributed by atoms with Gasteiger partial charge in [0.25, 0.3) is 0 Å². The number of rotatable bonds is 7. The SMILES string of the molecule is CCCNC(=O)CN1CCN(C(C)C(=O)Nc2c(C)cc(C)cc2Cl)CC1. The van der Waals surface area contributed by atoms with Gasteiger partial charge in [-0.2, -0.15) is 0 Å². The fourth-order valence-corrected chi connectivity index (χ4v) is 3.67. The molecule has 1 saturated heterocycles. The molecule has 0 aliphatic carbocycles. The Balaban J connectivity index is 1.85. The van der Waals surface area contributed by atoms with Gasteiger partial charge in [-0.05, 0) is 44.4 Å². The summed E-state index contributed by atoms with van der Waals surface area (Å²) in [6.07, 6.45) is 0.941. The molecule has 1 atom stereocenters. The summed E-state index contributed by atoms with van der Waals surface area (Å²) in [6.45, 7) is 12.1. The van der Waals surface area contributed by atoms with E-state index in [-0.39, 0.29) is 17.9 Å². The average molecular weight is 395 g/mol. The van der Waals surface area contributed by atoms with Crippen LogP contribution in [0.5, 0.6) is 0 Å². The fraction of sp³-hybridized carbons (Fsp3) is 0.600. The van der Waals surface area contributed by atoms with Crippen LogP contribution in [-0.4, -0.2) is 66.9 Å². The number of hydrogen-bond donors (Lipinski definition) is 2. The van der Waals surface area contributed by atoms with Crippen molar-refractivity contribution >= 4 is 29.1 Å². The zero-order chi connectivity index (χ0) is 20.0. The second-order valence-electron chi connectivity index (χ2n) is 7.27. The van der Waals surface area contributed by atoms with Crippen LogP contribution in [0.25, 0.3) is 0 Å². The molecule has 1 fully saturated rings. The van der Waals surface area contributed by atoms with Crippen LogP contribution in [-0.2, 0) is 9.59 Å². The van der Waals surface area contributed by atoms with Gasteiger partial charge in [-0.25, -0.2) is 0 Å². The molecule has 0 bridgehead atoms. The van der Waals surface area contributed by atoms with Crippen LogP contribution in [0, 0.1) is 13.8 Å². The van der Waals surface area contributed by atoms with Crippen LogP contribution in [0.15, 0.2) is 12.1 Å². The Morgan fingerprint density at radius 3 is 2.44 bits per heavy atom. The maximum Gasteiger partial charge on any atom is 0.241 e. The number of carbonyl (C=O) groups excluding carboxylic acids is 2. The largest absolute Gasteiger partial charge is 0.355 e. The number of anilines is 1. The second kappa shape index (κ2) is 10.1. The molecular weight excluding hydrogens is 364 g/mol. The van der Waals surface area contributed by atoms with Crippen molar-refractivity contribution in [3.05, 3.63) is 28.3 Å². The van der Waals surface area contributed by atoms with Crippen LogP contribution in [0.1, 0.15) is 31.4 Å². The lowest BCUT2D eigenvalue weighted by Crippen LogP contribution is -2.54. The van der Waals surface area contributed by atoms with E-state index in [0.29, 0.717) is 17.3 Å². The predicted molar refractivity (Wildman–Crippen MR) is 110 cm³/mol. The van der Waals surface area contributed by atoms with Crippen molar-refractivity contribution in [3.63, 3.8) is 0 Å². The molecule has 0 spiro atoms. The topological polar surface area (TPSA) is 64.7 Å². The summed E-state index contributed by atoms with van der Waals surface area (Å²) in [6, 6.07) is 3.61. The van der Waals surface area contributed by atoms with Crippen molar-refractivity contribution < 1.29 is 9.59 Å². The molecule has 1 unspecified atom stereocenters. The van der Waals surface area contributed by atoms with Gasteiger partial charge in [0, 0.05) is 32.7 Å². The van der Waals surface area contributed by atoms with Gasteiger partial charge in [0.2, 0.25) is 11.8 Å². The highest BCUT2D eigenvalue weighted by molar-refractivity contribution is 6.34. The highest BCUT2D eigenvalue weighted by atomic mass is 35.5. The van der Waals surface area contributed by atoms with Crippen molar-refractivity contribution in [1.29, 1.82) is 0 Å². The first kappa shape index (κ1) is 21.7. The lowest BCUT2D eigenvalue weighted by molar-refractivity contribution is -0.124. The third-order valence-corrected chi connectivity index (χ3v) is 5.25. The number of nitrogens with zero attached hydrogens (tertiary/aromatic N) is 2. The van der Waals surface area contributed by atoms with E-state index in [1.165, 1.54) is 0 Å². The first-order valence-electron chi connectivity index (χ1n) is 9.62. The standard InChI is InChI=1S/C20H31ClN4O2/c1-5-6-22-18(26)13-24-7-9-25(10-8-24)16(4)20(27)23-19-15(3)11-14(2)12-17(19)21/h11-12,16H,5-10,13H2,1-4H3,(H,22,26)(H,23,27). The third kappa shape index (κ3) is 6.19. The van der Waals surface area contributed by atoms with E-state index in [2.05, 4.69) is 20.4 Å². The van der Waals surface area contributed by atoms with E-state index in [4.69, 9.17) is 11.6 Å². The maximum atomic E-state index is 12.7. The molecule has 1 aromatic rings. The summed E-state index contributed by atoms with van der Waals surface area (Å²) in [4.78, 5) is 28.8. The average Bonchev–Trinajstić information content (AvgIpc) is 2.62. The minimum absolute atomic E-state index is 0.0574. The quantitative estimate of drug-likeness (QED) is 0.745. The van der Waals surface area contributed by atoms with Crippen LogP contribution in [0.2, 0.25) is 5.02 Å². The highest BCUT2D eigenvalue weighted by Crippen LogP contribution is 2.27. The summed E-state index contributed by atoms with van der Waals surface area (Å²) in [5, 5.41) is 6.45. The van der Waals surface area contributed by atoms with Crippen LogP contribution in [0.4, 0.5) is 5.69 Å². The molecule has 1 heterocycles. The number of nitrogens with one attached hydrogen (secondary N) is 2. The highest BCUT2D eigenvalue weighted by Gasteiger charge is 2.26. The lowest BCUT2D eigenvalue weighted by Gasteiger charge is -2.37. The van der Waals surface area contributed by atoms with Gasteiger partial charge in [-0.1, -0.05) is 24.6 Å². The summed E-state index contributed by atoms with van der Waals surface area (Å²) in [5.41, 5.74) is 2.72. The Labute approximate surface area is 167 Å². The van der Waals surface area contributed by atoms with Gasteiger partial charge in [-0.15, -0.1) is 0 Å². The van der Waals surface area contributed by atoms with Crippen LogP contribution < -0.4 is 10.6 Å². The Morgan fingerprint density at radius 2 is 1.85 bits per heavy atom. The molecule has 2 rings (SSSR count). The minimum Gasteiger partial charge on any atom is -0.355 e. The Kier molecular flexibility index (Phi) is 8.07. The molecule has 2 N–H and O–H groups in total. The summed E-state index contributed by atoms with van der Waals surface area (Å²) >= 11 is 6.30. The van der Waals surface area contributed by atoms with E-state index < -0.39 is 0 Å². The molecule has 1 aliphatic heterocycles. The maximum absolute atomic E-state index is 12.7. The zero-order valence-electron chi connectivity index (χ0n) is 16.8. The number of amides is 2. The summed E-state index contributed by atoms with van der Waals surface area (Å²) in [7, 11) is 0. The van der Waals surface area contributed by atoms with E-state index >= 15 is 0 Å². The number of hydrogen-bond acceptors (Lipinski definition) is 4. The van der Waals surface area contributed by atoms with Gasteiger partial charge in [0.05, 0.1) is 23.3 Å². The van der Waals surface area contributed by atoms with Crippen molar-refractivity contribution in [1.82, 2.24) is 15.1 Å². The Bertz CT molecular complexity index is 649. The van der Waals surface area contributed by atoms with Gasteiger partial charge in [0.1, 0.15) is 0 Å². The molecule has 0 radical (unpaired) electrons. The summed E-state index contributed by atoms with van der Waals surface area (Å²) in [5.74, 6) is 0.0126. The van der Waals surface area contributed by atoms with Crippen molar-refractivity contribution in [2.24, 2.45) is 0 Å². The first-order chi connectivity index (χ1) is 12.8. The molecule has 1 aromatic carbocycles. The Hall–Kier alpha value is -1.63. The van der Waals surface area contributed by atoms with Crippen LogP contribution in [0.3, 0.4) is 0 Å². The van der Waals surface area contributed by atoms with Gasteiger partial charge in [0.15, 0.2) is 0 Å². The van der Waals surface area contributed by atoms with E-state index in [9.17, 15) is 9.59 Å². The monoisotopic (exact) mass is 394 g/mol. The van der Waals surface area contributed by atoms with Crippen molar-refractivity contribution in [3.8, 4) is 0 Å². The molecule has 6 nitrogen and oxygen atoms in total. The predicted octanol–water partition coefficient (Wildman–Crippen LogP) is 2.43. The van der Waals surface area contributed by atoms with Crippen molar-refractivity contribution in [2.75, 3.05) is 44.6 Å². The van der Waals surface area contributed by atoms with E-state index in [1.54, 1.807) is 0 Å². The summed E-state index contributed by atoms with van der Waals surface area (Å²) < 4.78 is 0. The van der Waals surface area contributed by atoms with Gasteiger partial charge in [-0.3, -0.25) is 19.4 Å².